The molecule has 2 aromatic rings. The number of halogens is 2. The van der Waals surface area contributed by atoms with Gasteiger partial charge in [0.05, 0.1) is 15.0 Å². The van der Waals surface area contributed by atoms with Crippen molar-refractivity contribution in [2.45, 2.75) is 13.5 Å². The van der Waals surface area contributed by atoms with E-state index in [-0.39, 0.29) is 5.69 Å². The average molecular weight is 311 g/mol. The minimum absolute atomic E-state index is 0.0900. The first kappa shape index (κ1) is 14.6. The smallest absolute Gasteiger partial charge is 0.274 e. The number of anilines is 1. The van der Waals surface area contributed by atoms with E-state index in [4.69, 9.17) is 23.2 Å². The third-order valence-corrected chi connectivity index (χ3v) is 3.86. The first-order valence-electron chi connectivity index (χ1n) is 5.91. The standard InChI is InChI=1S/C14H12Cl2N2O2/c1-9-12(6-3-7-13(9)18(19)20)17-8-10-4-2-5-11(15)14(10)16/h2-7,17H,8H2,1H3. The number of hydrogen-bond donors (Lipinski definition) is 1. The van der Waals surface area contributed by atoms with Crippen molar-refractivity contribution in [2.24, 2.45) is 0 Å². The third kappa shape index (κ3) is 3.03. The molecule has 0 spiro atoms. The van der Waals surface area contributed by atoms with Crippen LogP contribution in [-0.2, 0) is 6.54 Å². The van der Waals surface area contributed by atoms with Crippen LogP contribution in [0.2, 0.25) is 10.0 Å². The zero-order valence-electron chi connectivity index (χ0n) is 10.7. The maximum Gasteiger partial charge on any atom is 0.274 e. The van der Waals surface area contributed by atoms with E-state index < -0.39 is 4.92 Å². The summed E-state index contributed by atoms with van der Waals surface area (Å²) in [7, 11) is 0. The van der Waals surface area contributed by atoms with Crippen molar-refractivity contribution in [3.63, 3.8) is 0 Å². The van der Waals surface area contributed by atoms with Crippen LogP contribution < -0.4 is 5.32 Å². The lowest BCUT2D eigenvalue weighted by Crippen LogP contribution is -2.03. The molecule has 0 heterocycles. The molecule has 6 heteroatoms. The molecule has 0 aliphatic carbocycles. The highest BCUT2D eigenvalue weighted by Gasteiger charge is 2.13. The second kappa shape index (κ2) is 6.11. The molecule has 0 fully saturated rings. The SMILES string of the molecule is Cc1c(NCc2cccc(Cl)c2Cl)cccc1[N+](=O)[O-]. The molecule has 0 atom stereocenters. The van der Waals surface area contributed by atoms with Gasteiger partial charge in [-0.2, -0.15) is 0 Å². The van der Waals surface area contributed by atoms with E-state index >= 15 is 0 Å². The maximum atomic E-state index is 10.9. The molecule has 0 aliphatic heterocycles. The van der Waals surface area contributed by atoms with E-state index in [1.54, 1.807) is 25.1 Å². The Bertz CT molecular complexity index is 660. The number of nitro benzene ring substituents is 1. The summed E-state index contributed by atoms with van der Waals surface area (Å²) in [5.74, 6) is 0. The van der Waals surface area contributed by atoms with E-state index in [0.29, 0.717) is 27.8 Å². The first-order valence-corrected chi connectivity index (χ1v) is 6.67. The van der Waals surface area contributed by atoms with Crippen molar-refractivity contribution in [3.8, 4) is 0 Å². The summed E-state index contributed by atoms with van der Waals surface area (Å²) in [6.45, 7) is 2.15. The highest BCUT2D eigenvalue weighted by Crippen LogP contribution is 2.28. The van der Waals surface area contributed by atoms with Gasteiger partial charge in [0.1, 0.15) is 0 Å². The Balaban J connectivity index is 2.21. The van der Waals surface area contributed by atoms with Crippen molar-refractivity contribution < 1.29 is 4.92 Å². The minimum Gasteiger partial charge on any atom is -0.380 e. The molecule has 0 bridgehead atoms. The highest BCUT2D eigenvalue weighted by atomic mass is 35.5. The van der Waals surface area contributed by atoms with Crippen LogP contribution in [0.3, 0.4) is 0 Å². The fourth-order valence-electron chi connectivity index (χ4n) is 1.89. The molecule has 0 aromatic heterocycles. The van der Waals surface area contributed by atoms with Gasteiger partial charge in [-0.1, -0.05) is 41.4 Å². The van der Waals surface area contributed by atoms with Gasteiger partial charge in [0, 0.05) is 23.9 Å². The Morgan fingerprint density at radius 2 is 1.90 bits per heavy atom. The van der Waals surface area contributed by atoms with Gasteiger partial charge in [-0.05, 0) is 24.6 Å². The van der Waals surface area contributed by atoms with Gasteiger partial charge in [0.2, 0.25) is 0 Å². The van der Waals surface area contributed by atoms with E-state index in [1.165, 1.54) is 6.07 Å². The highest BCUT2D eigenvalue weighted by molar-refractivity contribution is 6.42. The summed E-state index contributed by atoms with van der Waals surface area (Å²) in [4.78, 5) is 10.5. The molecule has 0 amide bonds. The molecule has 0 unspecified atom stereocenters. The van der Waals surface area contributed by atoms with Gasteiger partial charge in [0.25, 0.3) is 5.69 Å². The Kier molecular flexibility index (Phi) is 4.47. The molecule has 0 radical (unpaired) electrons. The lowest BCUT2D eigenvalue weighted by Gasteiger charge is -2.11. The van der Waals surface area contributed by atoms with Gasteiger partial charge < -0.3 is 5.32 Å². The van der Waals surface area contributed by atoms with Gasteiger partial charge in [-0.15, -0.1) is 0 Å². The summed E-state index contributed by atoms with van der Waals surface area (Å²) in [5, 5.41) is 15.0. The van der Waals surface area contributed by atoms with Gasteiger partial charge in [-0.3, -0.25) is 10.1 Å². The topological polar surface area (TPSA) is 55.2 Å². The van der Waals surface area contributed by atoms with Gasteiger partial charge in [-0.25, -0.2) is 0 Å². The number of nitrogens with one attached hydrogen (secondary N) is 1. The maximum absolute atomic E-state index is 10.9. The Morgan fingerprint density at radius 3 is 2.60 bits per heavy atom. The van der Waals surface area contributed by atoms with E-state index in [9.17, 15) is 10.1 Å². The number of nitro groups is 1. The molecule has 0 saturated heterocycles. The van der Waals surface area contributed by atoms with Crippen molar-refractivity contribution in [3.05, 3.63) is 67.7 Å². The van der Waals surface area contributed by atoms with E-state index in [1.807, 2.05) is 12.1 Å². The van der Waals surface area contributed by atoms with Crippen LogP contribution in [0.5, 0.6) is 0 Å². The zero-order valence-corrected chi connectivity index (χ0v) is 12.2. The fraction of sp³-hybridized carbons (Fsp3) is 0.143. The molecule has 2 aromatic carbocycles. The number of benzene rings is 2. The van der Waals surface area contributed by atoms with Gasteiger partial charge >= 0.3 is 0 Å². The molecule has 2 rings (SSSR count). The van der Waals surface area contributed by atoms with Crippen molar-refractivity contribution in [1.82, 2.24) is 0 Å². The predicted molar refractivity (Wildman–Crippen MR) is 81.6 cm³/mol. The molecule has 104 valence electrons. The molecule has 0 saturated carbocycles. The van der Waals surface area contributed by atoms with Crippen LogP contribution in [0.25, 0.3) is 0 Å². The molecular weight excluding hydrogens is 299 g/mol. The van der Waals surface area contributed by atoms with Crippen LogP contribution in [0.15, 0.2) is 36.4 Å². The first-order chi connectivity index (χ1) is 9.50. The second-order valence-corrected chi connectivity index (χ2v) is 5.06. The lowest BCUT2D eigenvalue weighted by molar-refractivity contribution is -0.385. The fourth-order valence-corrected chi connectivity index (χ4v) is 2.28. The van der Waals surface area contributed by atoms with Gasteiger partial charge in [0.15, 0.2) is 0 Å². The predicted octanol–water partition coefficient (Wildman–Crippen LogP) is 4.82. The number of rotatable bonds is 4. The largest absolute Gasteiger partial charge is 0.380 e. The lowest BCUT2D eigenvalue weighted by atomic mass is 10.1. The Morgan fingerprint density at radius 1 is 1.20 bits per heavy atom. The van der Waals surface area contributed by atoms with Crippen molar-refractivity contribution in [2.75, 3.05) is 5.32 Å². The summed E-state index contributed by atoms with van der Waals surface area (Å²) in [6.07, 6.45) is 0. The second-order valence-electron chi connectivity index (χ2n) is 4.27. The van der Waals surface area contributed by atoms with Crippen molar-refractivity contribution in [1.29, 1.82) is 0 Å². The monoisotopic (exact) mass is 310 g/mol. The summed E-state index contributed by atoms with van der Waals surface area (Å²) < 4.78 is 0. The quantitative estimate of drug-likeness (QED) is 0.650. The Labute approximate surface area is 126 Å². The average Bonchev–Trinajstić information content (AvgIpc) is 2.41. The third-order valence-electron chi connectivity index (χ3n) is 3.00. The molecule has 4 nitrogen and oxygen atoms in total. The molecule has 0 aliphatic rings. The van der Waals surface area contributed by atoms with E-state index in [0.717, 1.165) is 5.56 Å². The van der Waals surface area contributed by atoms with Crippen LogP contribution in [0.4, 0.5) is 11.4 Å². The summed E-state index contributed by atoms with van der Waals surface area (Å²) in [5.41, 5.74) is 2.23. The number of nitrogens with zero attached hydrogens (tertiary/aromatic N) is 1. The van der Waals surface area contributed by atoms with Crippen LogP contribution in [0.1, 0.15) is 11.1 Å². The molecular formula is C14H12Cl2N2O2. The minimum atomic E-state index is -0.396. The van der Waals surface area contributed by atoms with Crippen molar-refractivity contribution >= 4 is 34.6 Å². The Hall–Kier alpha value is -1.78. The molecule has 20 heavy (non-hydrogen) atoms. The summed E-state index contributed by atoms with van der Waals surface area (Å²) >= 11 is 12.0. The van der Waals surface area contributed by atoms with Crippen LogP contribution in [0, 0.1) is 17.0 Å². The van der Waals surface area contributed by atoms with E-state index in [2.05, 4.69) is 5.32 Å². The number of hydrogen-bond acceptors (Lipinski definition) is 3. The normalized spacial score (nSPS) is 10.3. The zero-order chi connectivity index (χ0) is 14.7. The summed E-state index contributed by atoms with van der Waals surface area (Å²) in [6, 6.07) is 10.3. The van der Waals surface area contributed by atoms with Crippen LogP contribution >= 0.6 is 23.2 Å². The van der Waals surface area contributed by atoms with Crippen LogP contribution in [-0.4, -0.2) is 4.92 Å². The molecule has 1 N–H and O–H groups in total.